The summed E-state index contributed by atoms with van der Waals surface area (Å²) in [5.41, 5.74) is 1.81. The van der Waals surface area contributed by atoms with Gasteiger partial charge < -0.3 is 19.8 Å². The number of aromatic nitrogens is 1. The summed E-state index contributed by atoms with van der Waals surface area (Å²) in [4.78, 5) is 29.4. The lowest BCUT2D eigenvalue weighted by atomic mass is 10.1. The zero-order chi connectivity index (χ0) is 19.9. The minimum absolute atomic E-state index is 0.137. The molecule has 28 heavy (non-hydrogen) atoms. The number of anilines is 1. The Morgan fingerprint density at radius 3 is 2.68 bits per heavy atom. The van der Waals surface area contributed by atoms with Gasteiger partial charge in [-0.2, -0.15) is 0 Å². The van der Waals surface area contributed by atoms with Gasteiger partial charge in [0.15, 0.2) is 10.9 Å². The first-order chi connectivity index (χ1) is 13.6. The zero-order valence-electron chi connectivity index (χ0n) is 15.7. The molecule has 3 rings (SSSR count). The number of nitrogens with one attached hydrogen (secondary N) is 2. The van der Waals surface area contributed by atoms with Gasteiger partial charge in [0.25, 0.3) is 5.91 Å². The minimum atomic E-state index is -0.287. The highest BCUT2D eigenvalue weighted by Gasteiger charge is 2.13. The molecule has 3 aromatic rings. The van der Waals surface area contributed by atoms with Gasteiger partial charge in [-0.1, -0.05) is 0 Å². The Kier molecular flexibility index (Phi) is 6.44. The largest absolute Gasteiger partial charge is 0.497 e. The fourth-order valence-corrected chi connectivity index (χ4v) is 3.45. The number of hydrogen-bond donors (Lipinski definition) is 2. The predicted octanol–water partition coefficient (Wildman–Crippen LogP) is 3.87. The van der Waals surface area contributed by atoms with Crippen LogP contribution in [0.15, 0.2) is 47.1 Å². The summed E-state index contributed by atoms with van der Waals surface area (Å²) in [6.45, 7) is 2.36. The van der Waals surface area contributed by atoms with Crippen LogP contribution in [-0.2, 0) is 4.79 Å². The summed E-state index contributed by atoms with van der Waals surface area (Å²) in [5, 5.41) is 6.10. The normalized spacial score (nSPS) is 10.5. The van der Waals surface area contributed by atoms with E-state index in [4.69, 9.17) is 9.15 Å². The molecule has 2 aromatic heterocycles. The molecule has 0 aliphatic rings. The van der Waals surface area contributed by atoms with E-state index in [-0.39, 0.29) is 24.0 Å². The molecule has 0 atom stereocenters. The van der Waals surface area contributed by atoms with Crippen molar-refractivity contribution in [3.8, 4) is 17.0 Å². The maximum atomic E-state index is 12.1. The highest BCUT2D eigenvalue weighted by molar-refractivity contribution is 7.16. The predicted molar refractivity (Wildman–Crippen MR) is 108 cm³/mol. The second kappa shape index (κ2) is 9.18. The summed E-state index contributed by atoms with van der Waals surface area (Å²) in [6, 6.07) is 10.9. The number of ether oxygens (including phenoxy) is 1. The number of thiazole rings is 1. The lowest BCUT2D eigenvalue weighted by Gasteiger charge is -2.04. The number of amides is 2. The standard InChI is InChI=1S/C20H21N3O4S/c1-13-18(14-7-9-15(26-2)10-8-14)23-20(28-13)22-17(24)6-3-11-21-19(25)16-5-4-12-27-16/h4-5,7-10,12H,3,6,11H2,1-2H3,(H,21,25)(H,22,23,24). The van der Waals surface area contributed by atoms with Gasteiger partial charge in [-0.3, -0.25) is 9.59 Å². The van der Waals surface area contributed by atoms with Crippen molar-refractivity contribution in [3.63, 3.8) is 0 Å². The topological polar surface area (TPSA) is 93.5 Å². The average molecular weight is 399 g/mol. The molecule has 146 valence electrons. The van der Waals surface area contributed by atoms with Crippen LogP contribution < -0.4 is 15.4 Å². The van der Waals surface area contributed by atoms with E-state index >= 15 is 0 Å². The van der Waals surface area contributed by atoms with E-state index in [1.807, 2.05) is 31.2 Å². The average Bonchev–Trinajstić information content (AvgIpc) is 3.35. The number of furan rings is 1. The Labute approximate surface area is 166 Å². The molecule has 0 aliphatic heterocycles. The molecule has 0 saturated carbocycles. The van der Waals surface area contributed by atoms with Crippen molar-refractivity contribution < 1.29 is 18.7 Å². The van der Waals surface area contributed by atoms with Gasteiger partial charge in [0, 0.05) is 23.4 Å². The summed E-state index contributed by atoms with van der Waals surface area (Å²) < 4.78 is 10.2. The first kappa shape index (κ1) is 19.6. The molecule has 2 amide bonds. The van der Waals surface area contributed by atoms with E-state index in [0.717, 1.165) is 21.9 Å². The first-order valence-corrected chi connectivity index (χ1v) is 9.62. The summed E-state index contributed by atoms with van der Waals surface area (Å²) in [7, 11) is 1.62. The smallest absolute Gasteiger partial charge is 0.286 e. The number of nitrogens with zero attached hydrogens (tertiary/aromatic N) is 1. The van der Waals surface area contributed by atoms with Crippen LogP contribution in [0.2, 0.25) is 0 Å². The SMILES string of the molecule is COc1ccc(-c2nc(NC(=O)CCCNC(=O)c3ccco3)sc2C)cc1. The molecule has 7 nitrogen and oxygen atoms in total. The molecule has 8 heteroatoms. The first-order valence-electron chi connectivity index (χ1n) is 8.80. The third kappa shape index (κ3) is 4.98. The van der Waals surface area contributed by atoms with Crippen molar-refractivity contribution in [2.24, 2.45) is 0 Å². The van der Waals surface area contributed by atoms with Crippen molar-refractivity contribution in [3.05, 3.63) is 53.3 Å². The van der Waals surface area contributed by atoms with Gasteiger partial charge >= 0.3 is 0 Å². The van der Waals surface area contributed by atoms with Gasteiger partial charge in [0.1, 0.15) is 5.75 Å². The number of aryl methyl sites for hydroxylation is 1. The minimum Gasteiger partial charge on any atom is -0.497 e. The van der Waals surface area contributed by atoms with E-state index in [1.165, 1.54) is 17.6 Å². The molecule has 0 saturated heterocycles. The van der Waals surface area contributed by atoms with Gasteiger partial charge in [-0.05, 0) is 49.7 Å². The molecule has 2 N–H and O–H groups in total. The van der Waals surface area contributed by atoms with Gasteiger partial charge in [0.2, 0.25) is 5.91 Å². The van der Waals surface area contributed by atoms with Gasteiger partial charge in [0.05, 0.1) is 19.1 Å². The molecule has 0 aliphatic carbocycles. The monoisotopic (exact) mass is 399 g/mol. The fraction of sp³-hybridized carbons (Fsp3) is 0.250. The van der Waals surface area contributed by atoms with Crippen LogP contribution in [0.1, 0.15) is 28.3 Å². The number of hydrogen-bond acceptors (Lipinski definition) is 6. The quantitative estimate of drug-likeness (QED) is 0.561. The maximum Gasteiger partial charge on any atom is 0.286 e. The number of methoxy groups -OCH3 is 1. The van der Waals surface area contributed by atoms with E-state index in [9.17, 15) is 9.59 Å². The van der Waals surface area contributed by atoms with Crippen LogP contribution in [-0.4, -0.2) is 30.5 Å². The third-order valence-corrected chi connectivity index (χ3v) is 4.90. The summed E-state index contributed by atoms with van der Waals surface area (Å²) in [6.07, 6.45) is 2.25. The zero-order valence-corrected chi connectivity index (χ0v) is 16.5. The van der Waals surface area contributed by atoms with Crippen LogP contribution >= 0.6 is 11.3 Å². The lowest BCUT2D eigenvalue weighted by Crippen LogP contribution is -2.25. The number of benzene rings is 1. The van der Waals surface area contributed by atoms with E-state index < -0.39 is 0 Å². The molecular weight excluding hydrogens is 378 g/mol. The molecular formula is C20H21N3O4S. The third-order valence-electron chi connectivity index (χ3n) is 4.02. The molecule has 0 fully saturated rings. The Morgan fingerprint density at radius 1 is 1.21 bits per heavy atom. The Hall–Kier alpha value is -3.13. The van der Waals surface area contributed by atoms with E-state index in [1.54, 1.807) is 19.2 Å². The fourth-order valence-electron chi connectivity index (χ4n) is 2.59. The van der Waals surface area contributed by atoms with Crippen LogP contribution in [0.4, 0.5) is 5.13 Å². The Morgan fingerprint density at radius 2 is 2.00 bits per heavy atom. The lowest BCUT2D eigenvalue weighted by molar-refractivity contribution is -0.116. The number of carbonyl (C=O) groups is 2. The Balaban J connectivity index is 1.48. The van der Waals surface area contributed by atoms with E-state index in [2.05, 4.69) is 15.6 Å². The van der Waals surface area contributed by atoms with Crippen LogP contribution in [0.3, 0.4) is 0 Å². The maximum absolute atomic E-state index is 12.1. The van der Waals surface area contributed by atoms with Gasteiger partial charge in [-0.25, -0.2) is 4.98 Å². The highest BCUT2D eigenvalue weighted by Crippen LogP contribution is 2.31. The second-order valence-electron chi connectivity index (χ2n) is 6.04. The van der Waals surface area contributed by atoms with Crippen molar-refractivity contribution in [1.29, 1.82) is 0 Å². The molecule has 2 heterocycles. The highest BCUT2D eigenvalue weighted by atomic mass is 32.1. The van der Waals surface area contributed by atoms with Crippen LogP contribution in [0.5, 0.6) is 5.75 Å². The molecule has 0 spiro atoms. The number of rotatable bonds is 8. The molecule has 1 aromatic carbocycles. The van der Waals surface area contributed by atoms with Crippen LogP contribution in [0.25, 0.3) is 11.3 Å². The van der Waals surface area contributed by atoms with Crippen molar-refractivity contribution in [1.82, 2.24) is 10.3 Å². The van der Waals surface area contributed by atoms with Crippen LogP contribution in [0, 0.1) is 6.92 Å². The summed E-state index contributed by atoms with van der Waals surface area (Å²) >= 11 is 1.43. The van der Waals surface area contributed by atoms with Crippen molar-refractivity contribution in [2.45, 2.75) is 19.8 Å². The van der Waals surface area contributed by atoms with E-state index in [0.29, 0.717) is 18.1 Å². The molecule has 0 bridgehead atoms. The Bertz CT molecular complexity index is 933. The summed E-state index contributed by atoms with van der Waals surface area (Å²) in [5.74, 6) is 0.616. The van der Waals surface area contributed by atoms with Gasteiger partial charge in [-0.15, -0.1) is 11.3 Å². The van der Waals surface area contributed by atoms with Crippen molar-refractivity contribution >= 4 is 28.3 Å². The number of carbonyl (C=O) groups excluding carboxylic acids is 2. The second-order valence-corrected chi connectivity index (χ2v) is 7.24. The molecule has 0 radical (unpaired) electrons. The molecule has 0 unspecified atom stereocenters. The van der Waals surface area contributed by atoms with Crippen molar-refractivity contribution in [2.75, 3.05) is 19.0 Å².